The standard InChI is InChI=1S/C3H4O5S/c4-3(5)1-2-9(6,7)8/h1-2H,(H,4,5)(H,6,7,8)/p-2. The minimum absolute atomic E-state index is 0.0162. The van der Waals surface area contributed by atoms with Crippen molar-refractivity contribution < 1.29 is 22.9 Å². The number of carboxylic acid groups (broad SMARTS) is 1. The van der Waals surface area contributed by atoms with Gasteiger partial charge in [0.15, 0.2) is 0 Å². The predicted octanol–water partition coefficient (Wildman–Crippen LogP) is -2.20. The second-order valence-corrected chi connectivity index (χ2v) is 2.37. The van der Waals surface area contributed by atoms with E-state index in [1.54, 1.807) is 0 Å². The molecule has 0 spiro atoms. The lowest BCUT2D eigenvalue weighted by molar-refractivity contribution is -0.297. The fourth-order valence-electron chi connectivity index (χ4n) is 0.139. The van der Waals surface area contributed by atoms with Gasteiger partial charge in [0.2, 0.25) is 0 Å². The molecule has 0 aliphatic heterocycles. The fraction of sp³-hybridized carbons (Fsp3) is 0. The van der Waals surface area contributed by atoms with Crippen molar-refractivity contribution in [3.63, 3.8) is 0 Å². The molecular weight excluding hydrogens is 148 g/mol. The van der Waals surface area contributed by atoms with Crippen LogP contribution in [0.2, 0.25) is 0 Å². The van der Waals surface area contributed by atoms with E-state index in [-0.39, 0.29) is 11.5 Å². The van der Waals surface area contributed by atoms with Crippen LogP contribution in [0.5, 0.6) is 0 Å². The lowest BCUT2D eigenvalue weighted by atomic mass is 10.7. The monoisotopic (exact) mass is 150 g/mol. The summed E-state index contributed by atoms with van der Waals surface area (Å²) in [5, 5.41) is 9.46. The van der Waals surface area contributed by atoms with Gasteiger partial charge in [0.25, 0.3) is 0 Å². The molecule has 0 unspecified atom stereocenters. The third-order valence-electron chi connectivity index (χ3n) is 0.371. The van der Waals surface area contributed by atoms with E-state index < -0.39 is 16.1 Å². The van der Waals surface area contributed by atoms with Crippen LogP contribution in [-0.2, 0) is 14.9 Å². The second-order valence-electron chi connectivity index (χ2n) is 1.11. The molecule has 6 heteroatoms. The minimum atomic E-state index is -4.57. The van der Waals surface area contributed by atoms with Crippen molar-refractivity contribution in [3.05, 3.63) is 11.5 Å². The Bertz CT molecular complexity index is 223. The summed E-state index contributed by atoms with van der Waals surface area (Å²) in [6.07, 6.45) is 0.155. The molecule has 0 bridgehead atoms. The molecule has 0 atom stereocenters. The Kier molecular flexibility index (Phi) is 2.35. The van der Waals surface area contributed by atoms with E-state index >= 15 is 0 Å². The van der Waals surface area contributed by atoms with Crippen LogP contribution in [0.1, 0.15) is 0 Å². The van der Waals surface area contributed by atoms with Crippen molar-refractivity contribution in [3.8, 4) is 0 Å². The number of hydrogen-bond acceptors (Lipinski definition) is 5. The van der Waals surface area contributed by atoms with Gasteiger partial charge in [-0.1, -0.05) is 0 Å². The molecule has 0 rings (SSSR count). The third kappa shape index (κ3) is 7.12. The molecule has 5 nitrogen and oxygen atoms in total. The average Bonchev–Trinajstić information content (AvgIpc) is 1.59. The second kappa shape index (κ2) is 2.60. The van der Waals surface area contributed by atoms with Gasteiger partial charge in [-0.2, -0.15) is 0 Å². The smallest absolute Gasteiger partial charge is 0.117 e. The van der Waals surface area contributed by atoms with Crippen LogP contribution in [0.25, 0.3) is 0 Å². The molecule has 0 aliphatic rings. The first-order valence-electron chi connectivity index (χ1n) is 1.77. The lowest BCUT2D eigenvalue weighted by Crippen LogP contribution is -2.19. The summed E-state index contributed by atoms with van der Waals surface area (Å²) in [7, 11) is -4.57. The van der Waals surface area contributed by atoms with Gasteiger partial charge in [-0.15, -0.1) is 0 Å². The highest BCUT2D eigenvalue weighted by Crippen LogP contribution is 1.81. The van der Waals surface area contributed by atoms with Crippen molar-refractivity contribution in [2.24, 2.45) is 0 Å². The van der Waals surface area contributed by atoms with Crippen LogP contribution in [0, 0.1) is 0 Å². The molecule has 0 aliphatic carbocycles. The third-order valence-corrected chi connectivity index (χ3v) is 0.840. The quantitative estimate of drug-likeness (QED) is 0.328. The fourth-order valence-corrected chi connectivity index (χ4v) is 0.417. The summed E-state index contributed by atoms with van der Waals surface area (Å²) in [5.41, 5.74) is 0. The zero-order chi connectivity index (χ0) is 7.49. The first kappa shape index (κ1) is 8.12. The molecule has 0 amide bonds. The summed E-state index contributed by atoms with van der Waals surface area (Å²) in [5.74, 6) is -1.71. The van der Waals surface area contributed by atoms with Gasteiger partial charge in [-0.3, -0.25) is 0 Å². The number of hydrogen-bond donors (Lipinski definition) is 0. The molecule has 0 aromatic carbocycles. The molecule has 0 N–H and O–H groups in total. The number of carboxylic acids is 1. The van der Waals surface area contributed by atoms with Gasteiger partial charge in [0.1, 0.15) is 10.1 Å². The largest absolute Gasteiger partial charge is 0.744 e. The van der Waals surface area contributed by atoms with Gasteiger partial charge in [0.05, 0.1) is 5.97 Å². The van der Waals surface area contributed by atoms with E-state index in [1.165, 1.54) is 0 Å². The van der Waals surface area contributed by atoms with Gasteiger partial charge >= 0.3 is 0 Å². The molecule has 0 aromatic rings. The van der Waals surface area contributed by atoms with Crippen LogP contribution < -0.4 is 5.11 Å². The Hall–Kier alpha value is -0.880. The SMILES string of the molecule is O=C([O-])C=CS(=O)(=O)[O-]. The maximum Gasteiger partial charge on any atom is 0.117 e. The Balaban J connectivity index is 4.21. The van der Waals surface area contributed by atoms with Crippen molar-refractivity contribution >= 4 is 16.1 Å². The lowest BCUT2D eigenvalue weighted by Gasteiger charge is -1.97. The Morgan fingerprint density at radius 3 is 2.00 bits per heavy atom. The van der Waals surface area contributed by atoms with Gasteiger partial charge in [-0.25, -0.2) is 8.42 Å². The molecule has 0 heterocycles. The summed E-state index contributed by atoms with van der Waals surface area (Å²) in [6, 6.07) is 0. The zero-order valence-electron chi connectivity index (χ0n) is 4.10. The molecule has 0 aromatic heterocycles. The van der Waals surface area contributed by atoms with E-state index in [0.29, 0.717) is 0 Å². The van der Waals surface area contributed by atoms with E-state index in [9.17, 15) is 22.9 Å². The van der Waals surface area contributed by atoms with Crippen LogP contribution in [0.3, 0.4) is 0 Å². The van der Waals surface area contributed by atoms with E-state index in [4.69, 9.17) is 0 Å². The first-order chi connectivity index (χ1) is 3.92. The van der Waals surface area contributed by atoms with Gasteiger partial charge in [-0.05, 0) is 6.08 Å². The summed E-state index contributed by atoms with van der Waals surface area (Å²) in [4.78, 5) is 9.44. The summed E-state index contributed by atoms with van der Waals surface area (Å²) >= 11 is 0. The number of carbonyl (C=O) groups excluding carboxylic acids is 1. The Labute approximate surface area is 51.4 Å². The number of rotatable bonds is 2. The molecule has 0 saturated carbocycles. The van der Waals surface area contributed by atoms with Crippen molar-refractivity contribution in [1.82, 2.24) is 0 Å². The van der Waals surface area contributed by atoms with Crippen molar-refractivity contribution in [1.29, 1.82) is 0 Å². The molecule has 0 radical (unpaired) electrons. The van der Waals surface area contributed by atoms with Crippen molar-refractivity contribution in [2.75, 3.05) is 0 Å². The van der Waals surface area contributed by atoms with Crippen LogP contribution in [-0.4, -0.2) is 18.9 Å². The number of aliphatic carboxylic acids is 1. The van der Waals surface area contributed by atoms with Crippen LogP contribution >= 0.6 is 0 Å². The topological polar surface area (TPSA) is 97.3 Å². The Morgan fingerprint density at radius 2 is 1.89 bits per heavy atom. The van der Waals surface area contributed by atoms with Gasteiger partial charge < -0.3 is 14.5 Å². The maximum absolute atomic E-state index is 9.60. The molecule has 9 heavy (non-hydrogen) atoms. The molecular formula is C3H2O5S-2. The minimum Gasteiger partial charge on any atom is -0.744 e. The zero-order valence-corrected chi connectivity index (χ0v) is 4.92. The van der Waals surface area contributed by atoms with Crippen LogP contribution in [0.4, 0.5) is 0 Å². The highest BCUT2D eigenvalue weighted by Gasteiger charge is 1.81. The summed E-state index contributed by atoms with van der Waals surface area (Å²) < 4.78 is 28.8. The van der Waals surface area contributed by atoms with E-state index in [2.05, 4.69) is 0 Å². The van der Waals surface area contributed by atoms with Gasteiger partial charge in [0, 0.05) is 5.41 Å². The molecule has 52 valence electrons. The molecule has 0 saturated heterocycles. The predicted molar refractivity (Wildman–Crippen MR) is 23.8 cm³/mol. The highest BCUT2D eigenvalue weighted by atomic mass is 32.2. The van der Waals surface area contributed by atoms with Crippen LogP contribution in [0.15, 0.2) is 11.5 Å². The normalized spacial score (nSPS) is 12.1. The van der Waals surface area contributed by atoms with Crippen molar-refractivity contribution in [2.45, 2.75) is 0 Å². The van der Waals surface area contributed by atoms with E-state index in [0.717, 1.165) is 0 Å². The summed E-state index contributed by atoms with van der Waals surface area (Å²) in [6.45, 7) is 0. The van der Waals surface area contributed by atoms with E-state index in [1.807, 2.05) is 0 Å². The average molecular weight is 150 g/mol. The highest BCUT2D eigenvalue weighted by molar-refractivity contribution is 7.88. The first-order valence-corrected chi connectivity index (χ1v) is 3.24. The maximum atomic E-state index is 9.60. The molecule has 0 fully saturated rings. The number of carbonyl (C=O) groups is 1. The Morgan fingerprint density at radius 1 is 1.44 bits per heavy atom.